The van der Waals surface area contributed by atoms with Crippen molar-refractivity contribution < 1.29 is 4.79 Å². The van der Waals surface area contributed by atoms with Gasteiger partial charge >= 0.3 is 0 Å². The Morgan fingerprint density at radius 2 is 2.40 bits per heavy atom. The smallest absolute Gasteiger partial charge is 0.194 e. The zero-order chi connectivity index (χ0) is 4.12. The van der Waals surface area contributed by atoms with Gasteiger partial charge in [-0.15, -0.1) is 0 Å². The largest absolute Gasteiger partial charge is 0.359 e. The lowest BCUT2D eigenvalue weighted by Crippen LogP contribution is -1.75. The van der Waals surface area contributed by atoms with Gasteiger partial charge in [-0.25, -0.2) is 0 Å². The van der Waals surface area contributed by atoms with Gasteiger partial charge in [0.05, 0.1) is 0 Å². The highest BCUT2D eigenvalue weighted by molar-refractivity contribution is 5.72. The normalized spacial score (nSPS) is 4.00. The summed E-state index contributed by atoms with van der Waals surface area (Å²) in [5.74, 6) is 1.96. The first-order valence-electron chi connectivity index (χ1n) is 1.06. The molecule has 0 aromatic heterocycles. The summed E-state index contributed by atoms with van der Waals surface area (Å²) in [5, 5.41) is 0. The SMILES string of the molecule is NC#CC=O. The fourth-order valence-electron chi connectivity index (χ4n) is 0.0340. The number of aldehydes is 1. The predicted octanol–water partition coefficient (Wildman–Crippen LogP) is -0.895. The second kappa shape index (κ2) is 3.03. The molecule has 0 spiro atoms. The topological polar surface area (TPSA) is 43.1 Å². The molecule has 0 heterocycles. The molecule has 0 amide bonds. The Labute approximate surface area is 30.0 Å². The summed E-state index contributed by atoms with van der Waals surface area (Å²) in [4.78, 5) is 9.15. The number of hydrogen-bond donors (Lipinski definition) is 1. The highest BCUT2D eigenvalue weighted by Crippen LogP contribution is 1.26. The summed E-state index contributed by atoms with van der Waals surface area (Å²) in [6.45, 7) is 0. The van der Waals surface area contributed by atoms with Crippen molar-refractivity contribution in [3.05, 3.63) is 0 Å². The summed E-state index contributed by atoms with van der Waals surface area (Å²) in [6.07, 6.45) is 0.444. The summed E-state index contributed by atoms with van der Waals surface area (Å²) in [6, 6.07) is 1.90. The third-order valence-electron chi connectivity index (χ3n) is 0.142. The summed E-state index contributed by atoms with van der Waals surface area (Å²) >= 11 is 0. The first-order chi connectivity index (χ1) is 2.41. The van der Waals surface area contributed by atoms with Crippen LogP contribution in [0.1, 0.15) is 0 Å². The molecule has 0 aliphatic heterocycles. The average molecular weight is 69.1 g/mol. The molecule has 0 fully saturated rings. The maximum atomic E-state index is 9.15. The third-order valence-corrected chi connectivity index (χ3v) is 0.142. The van der Waals surface area contributed by atoms with Crippen molar-refractivity contribution in [3.63, 3.8) is 0 Å². The van der Waals surface area contributed by atoms with E-state index < -0.39 is 0 Å². The van der Waals surface area contributed by atoms with Crippen molar-refractivity contribution in [2.45, 2.75) is 0 Å². The Morgan fingerprint density at radius 3 is 2.40 bits per heavy atom. The molecule has 0 radical (unpaired) electrons. The van der Waals surface area contributed by atoms with Crippen LogP contribution in [0.3, 0.4) is 0 Å². The molecule has 0 aromatic rings. The molecule has 0 unspecified atom stereocenters. The van der Waals surface area contributed by atoms with Crippen molar-refractivity contribution in [2.75, 3.05) is 0 Å². The molecule has 2 nitrogen and oxygen atoms in total. The maximum absolute atomic E-state index is 9.15. The van der Waals surface area contributed by atoms with Crippen LogP contribution in [0, 0.1) is 12.0 Å². The lowest BCUT2D eigenvalue weighted by molar-refractivity contribution is -0.103. The molecule has 0 rings (SSSR count). The molecule has 26 valence electrons. The monoisotopic (exact) mass is 69.0 g/mol. The van der Waals surface area contributed by atoms with E-state index in [0.717, 1.165) is 0 Å². The highest BCUT2D eigenvalue weighted by Gasteiger charge is 1.43. The minimum Gasteiger partial charge on any atom is -0.359 e. The third kappa shape index (κ3) is 3.03. The number of carbonyl (C=O) groups is 1. The standard InChI is InChI=1S/C3H3NO/c4-2-1-3-5/h3H,4H2. The van der Waals surface area contributed by atoms with Crippen LogP contribution in [-0.4, -0.2) is 6.29 Å². The van der Waals surface area contributed by atoms with E-state index in [1.165, 1.54) is 0 Å². The van der Waals surface area contributed by atoms with E-state index in [-0.39, 0.29) is 0 Å². The van der Waals surface area contributed by atoms with Crippen molar-refractivity contribution in [1.29, 1.82) is 0 Å². The summed E-state index contributed by atoms with van der Waals surface area (Å²) in [5.41, 5.74) is 4.55. The first-order valence-corrected chi connectivity index (χ1v) is 1.06. The summed E-state index contributed by atoms with van der Waals surface area (Å²) < 4.78 is 0. The van der Waals surface area contributed by atoms with Gasteiger partial charge in [0.2, 0.25) is 0 Å². The van der Waals surface area contributed by atoms with Gasteiger partial charge in [-0.3, -0.25) is 4.79 Å². The second-order valence-electron chi connectivity index (χ2n) is 0.407. The zero-order valence-corrected chi connectivity index (χ0v) is 2.56. The molecular formula is C3H3NO. The van der Waals surface area contributed by atoms with E-state index in [1.54, 1.807) is 0 Å². The van der Waals surface area contributed by atoms with Crippen molar-refractivity contribution in [1.82, 2.24) is 0 Å². The molecule has 0 aliphatic rings. The molecule has 2 heteroatoms. The van der Waals surface area contributed by atoms with E-state index in [1.807, 2.05) is 12.0 Å². The van der Waals surface area contributed by atoms with E-state index in [9.17, 15) is 0 Å². The van der Waals surface area contributed by atoms with Gasteiger partial charge in [0, 0.05) is 6.04 Å². The lowest BCUT2D eigenvalue weighted by atomic mass is 10.8. The van der Waals surface area contributed by atoms with E-state index in [4.69, 9.17) is 4.79 Å². The average Bonchev–Trinajstić information content (AvgIpc) is 1.41. The Kier molecular flexibility index (Phi) is 2.44. The van der Waals surface area contributed by atoms with Crippen molar-refractivity contribution >= 4 is 6.29 Å². The van der Waals surface area contributed by atoms with Crippen molar-refractivity contribution in [3.8, 4) is 12.0 Å². The van der Waals surface area contributed by atoms with Crippen LogP contribution in [-0.2, 0) is 4.79 Å². The minimum atomic E-state index is 0.444. The first kappa shape index (κ1) is 4.03. The van der Waals surface area contributed by atoms with Crippen LogP contribution >= 0.6 is 0 Å². The lowest BCUT2D eigenvalue weighted by Gasteiger charge is -1.45. The zero-order valence-electron chi connectivity index (χ0n) is 2.56. The van der Waals surface area contributed by atoms with Crippen LogP contribution in [0.5, 0.6) is 0 Å². The van der Waals surface area contributed by atoms with Crippen molar-refractivity contribution in [2.24, 2.45) is 5.73 Å². The molecule has 0 aliphatic carbocycles. The van der Waals surface area contributed by atoms with Crippen LogP contribution < -0.4 is 5.73 Å². The van der Waals surface area contributed by atoms with E-state index >= 15 is 0 Å². The molecular weight excluding hydrogens is 66.0 g/mol. The van der Waals surface area contributed by atoms with Gasteiger partial charge in [-0.2, -0.15) is 0 Å². The molecule has 5 heavy (non-hydrogen) atoms. The van der Waals surface area contributed by atoms with Gasteiger partial charge < -0.3 is 5.73 Å². The fraction of sp³-hybridized carbons (Fsp3) is 0. The fourth-order valence-corrected chi connectivity index (χ4v) is 0.0340. The van der Waals surface area contributed by atoms with Gasteiger partial charge in [0.1, 0.15) is 0 Å². The maximum Gasteiger partial charge on any atom is 0.194 e. The number of rotatable bonds is 0. The Hall–Kier alpha value is -0.970. The molecule has 0 saturated carbocycles. The van der Waals surface area contributed by atoms with E-state index in [0.29, 0.717) is 6.29 Å². The summed E-state index contributed by atoms with van der Waals surface area (Å²) in [7, 11) is 0. The van der Waals surface area contributed by atoms with Crippen LogP contribution in [0.15, 0.2) is 0 Å². The van der Waals surface area contributed by atoms with Gasteiger partial charge in [-0.05, 0) is 5.92 Å². The Morgan fingerprint density at radius 1 is 1.80 bits per heavy atom. The minimum absolute atomic E-state index is 0.444. The van der Waals surface area contributed by atoms with Crippen LogP contribution in [0.2, 0.25) is 0 Å². The van der Waals surface area contributed by atoms with Gasteiger partial charge in [-0.1, -0.05) is 0 Å². The molecule has 0 saturated heterocycles. The second-order valence-corrected chi connectivity index (χ2v) is 0.407. The number of carbonyl (C=O) groups excluding carboxylic acids is 1. The van der Waals surface area contributed by atoms with Gasteiger partial charge in [0.25, 0.3) is 0 Å². The van der Waals surface area contributed by atoms with Gasteiger partial charge in [0.15, 0.2) is 6.29 Å². The molecule has 2 N–H and O–H groups in total. The number of nitrogens with two attached hydrogens (primary N) is 1. The molecule has 0 aromatic carbocycles. The Bertz CT molecular complexity index is 76.6. The molecule has 0 bridgehead atoms. The van der Waals surface area contributed by atoms with Crippen LogP contribution in [0.4, 0.5) is 0 Å². The quantitative estimate of drug-likeness (QED) is 0.228. The predicted molar refractivity (Wildman–Crippen MR) is 18.0 cm³/mol. The van der Waals surface area contributed by atoms with Crippen LogP contribution in [0.25, 0.3) is 0 Å². The number of hydrogen-bond acceptors (Lipinski definition) is 2. The highest BCUT2D eigenvalue weighted by atomic mass is 16.1. The Balaban J connectivity index is 3.16. The van der Waals surface area contributed by atoms with E-state index in [2.05, 4.69) is 5.73 Å². The molecule has 0 atom stereocenters.